The number of carbonyl (C=O) groups excluding carboxylic acids is 1. The first-order chi connectivity index (χ1) is 13.1. The lowest BCUT2D eigenvalue weighted by molar-refractivity contribution is 0.0954. The average molecular weight is 475 g/mol. The van der Waals surface area contributed by atoms with Crippen molar-refractivity contribution >= 4 is 37.5 Å². The molecule has 0 saturated carbocycles. The van der Waals surface area contributed by atoms with Crippen LogP contribution in [-0.2, 0) is 16.4 Å². The lowest BCUT2D eigenvalue weighted by Crippen LogP contribution is -2.27. The van der Waals surface area contributed by atoms with E-state index >= 15 is 0 Å². The van der Waals surface area contributed by atoms with Crippen LogP contribution in [0.2, 0.25) is 0 Å². The summed E-state index contributed by atoms with van der Waals surface area (Å²) in [5.41, 5.74) is 0.775. The number of sulfonamides is 1. The minimum Gasteiger partial charge on any atom is -0.493 e. The molecule has 0 spiro atoms. The van der Waals surface area contributed by atoms with E-state index in [4.69, 9.17) is 9.47 Å². The van der Waals surface area contributed by atoms with Crippen LogP contribution < -0.4 is 19.5 Å². The Hall–Kier alpha value is -2.33. The first-order valence-corrected chi connectivity index (χ1v) is 10.8. The average Bonchev–Trinajstić information content (AvgIpc) is 2.62. The summed E-state index contributed by atoms with van der Waals surface area (Å²) in [6, 6.07) is 6.81. The molecular weight excluding hydrogens is 455 g/mol. The van der Waals surface area contributed by atoms with Gasteiger partial charge in [-0.05, 0) is 42.3 Å². The van der Waals surface area contributed by atoms with Crippen LogP contribution in [-0.4, -0.2) is 41.3 Å². The SMILES string of the molecule is COc1cc(Br)c(CCNC(=O)c2cc(F)ccc2NS(C)(=O)=O)cc1OC. The van der Waals surface area contributed by atoms with E-state index in [9.17, 15) is 17.6 Å². The van der Waals surface area contributed by atoms with Gasteiger partial charge in [-0.1, -0.05) is 15.9 Å². The molecule has 0 unspecified atom stereocenters. The smallest absolute Gasteiger partial charge is 0.253 e. The topological polar surface area (TPSA) is 93.7 Å². The molecule has 0 heterocycles. The summed E-state index contributed by atoms with van der Waals surface area (Å²) >= 11 is 3.44. The summed E-state index contributed by atoms with van der Waals surface area (Å²) < 4.78 is 49.9. The number of carbonyl (C=O) groups is 1. The molecular formula is C18H20BrFN2O5S. The van der Waals surface area contributed by atoms with Crippen molar-refractivity contribution in [3.8, 4) is 11.5 Å². The lowest BCUT2D eigenvalue weighted by atomic mass is 10.1. The van der Waals surface area contributed by atoms with Crippen molar-refractivity contribution in [2.45, 2.75) is 6.42 Å². The zero-order valence-electron chi connectivity index (χ0n) is 15.5. The summed E-state index contributed by atoms with van der Waals surface area (Å²) in [5.74, 6) is -0.121. The third-order valence-electron chi connectivity index (χ3n) is 3.75. The maximum atomic E-state index is 13.5. The molecule has 2 N–H and O–H groups in total. The first kappa shape index (κ1) is 22.0. The van der Waals surface area contributed by atoms with Crippen LogP contribution in [0.3, 0.4) is 0 Å². The first-order valence-electron chi connectivity index (χ1n) is 8.10. The molecule has 0 aliphatic carbocycles. The molecule has 0 aliphatic rings. The van der Waals surface area contributed by atoms with Gasteiger partial charge in [-0.3, -0.25) is 9.52 Å². The number of halogens is 2. The van der Waals surface area contributed by atoms with E-state index in [-0.39, 0.29) is 17.8 Å². The van der Waals surface area contributed by atoms with Crippen LogP contribution >= 0.6 is 15.9 Å². The zero-order chi connectivity index (χ0) is 20.9. The van der Waals surface area contributed by atoms with Crippen molar-refractivity contribution in [1.29, 1.82) is 0 Å². The van der Waals surface area contributed by atoms with E-state index in [2.05, 4.69) is 26.0 Å². The summed E-state index contributed by atoms with van der Waals surface area (Å²) in [4.78, 5) is 12.4. The van der Waals surface area contributed by atoms with Crippen LogP contribution in [0.4, 0.5) is 10.1 Å². The molecule has 0 atom stereocenters. The Kier molecular flexibility index (Phi) is 7.25. The van der Waals surface area contributed by atoms with Crippen molar-refractivity contribution in [2.24, 2.45) is 0 Å². The van der Waals surface area contributed by atoms with Crippen LogP contribution in [0.5, 0.6) is 11.5 Å². The molecule has 1 amide bonds. The number of anilines is 1. The second-order valence-corrected chi connectivity index (χ2v) is 8.47. The van der Waals surface area contributed by atoms with Gasteiger partial charge < -0.3 is 14.8 Å². The van der Waals surface area contributed by atoms with E-state index in [1.54, 1.807) is 12.1 Å². The molecule has 7 nitrogen and oxygen atoms in total. The van der Waals surface area contributed by atoms with Crippen molar-refractivity contribution in [3.05, 3.63) is 51.7 Å². The molecule has 10 heteroatoms. The number of ether oxygens (including phenoxy) is 2. The second-order valence-electron chi connectivity index (χ2n) is 5.87. The third kappa shape index (κ3) is 5.83. The quantitative estimate of drug-likeness (QED) is 0.613. The largest absolute Gasteiger partial charge is 0.493 e. The van der Waals surface area contributed by atoms with Crippen molar-refractivity contribution < 1.29 is 27.1 Å². The zero-order valence-corrected chi connectivity index (χ0v) is 17.9. The molecule has 0 fully saturated rings. The van der Waals surface area contributed by atoms with Crippen LogP contribution in [0.15, 0.2) is 34.8 Å². The van der Waals surface area contributed by atoms with E-state index in [0.29, 0.717) is 17.9 Å². The van der Waals surface area contributed by atoms with Gasteiger partial charge in [0.15, 0.2) is 11.5 Å². The standard InChI is InChI=1S/C18H20BrFN2O5S/c1-26-16-8-11(14(19)10-17(16)27-2)6-7-21-18(23)13-9-12(20)4-5-15(13)22-28(3,24)25/h4-5,8-10,22H,6-7H2,1-3H3,(H,21,23). The fourth-order valence-electron chi connectivity index (χ4n) is 2.49. The van der Waals surface area contributed by atoms with Gasteiger partial charge in [0, 0.05) is 11.0 Å². The van der Waals surface area contributed by atoms with E-state index < -0.39 is 21.7 Å². The number of hydrogen-bond donors (Lipinski definition) is 2. The highest BCUT2D eigenvalue weighted by atomic mass is 79.9. The number of amides is 1. The van der Waals surface area contributed by atoms with Gasteiger partial charge in [-0.2, -0.15) is 0 Å². The molecule has 0 radical (unpaired) electrons. The Morgan fingerprint density at radius 1 is 1.14 bits per heavy atom. The summed E-state index contributed by atoms with van der Waals surface area (Å²) in [7, 11) is -0.555. The predicted molar refractivity (Wildman–Crippen MR) is 108 cm³/mol. The Morgan fingerprint density at radius 3 is 2.39 bits per heavy atom. The van der Waals surface area contributed by atoms with Gasteiger partial charge in [0.1, 0.15) is 5.82 Å². The van der Waals surface area contributed by atoms with Gasteiger partial charge in [0.05, 0.1) is 31.7 Å². The Balaban J connectivity index is 2.12. The highest BCUT2D eigenvalue weighted by molar-refractivity contribution is 9.10. The number of rotatable bonds is 8. The number of benzene rings is 2. The normalized spacial score (nSPS) is 11.0. The van der Waals surface area contributed by atoms with Gasteiger partial charge >= 0.3 is 0 Å². The van der Waals surface area contributed by atoms with Gasteiger partial charge in [0.2, 0.25) is 10.0 Å². The monoisotopic (exact) mass is 474 g/mol. The molecule has 2 aromatic carbocycles. The summed E-state index contributed by atoms with van der Waals surface area (Å²) in [5, 5.41) is 2.66. The van der Waals surface area contributed by atoms with Crippen LogP contribution in [0.25, 0.3) is 0 Å². The molecule has 152 valence electrons. The van der Waals surface area contributed by atoms with Crippen LogP contribution in [0.1, 0.15) is 15.9 Å². The Morgan fingerprint density at radius 2 is 1.79 bits per heavy atom. The van der Waals surface area contributed by atoms with E-state index in [1.165, 1.54) is 20.3 Å². The highest BCUT2D eigenvalue weighted by Gasteiger charge is 2.16. The minimum absolute atomic E-state index is 0.00805. The van der Waals surface area contributed by atoms with Crippen molar-refractivity contribution in [2.75, 3.05) is 31.7 Å². The van der Waals surface area contributed by atoms with Crippen LogP contribution in [0, 0.1) is 5.82 Å². The summed E-state index contributed by atoms with van der Waals surface area (Å²) in [6.07, 6.45) is 1.41. The maximum absolute atomic E-state index is 13.5. The number of nitrogens with one attached hydrogen (secondary N) is 2. The van der Waals surface area contributed by atoms with Crippen molar-refractivity contribution in [1.82, 2.24) is 5.32 Å². The van der Waals surface area contributed by atoms with Gasteiger partial charge in [0.25, 0.3) is 5.91 Å². The fraction of sp³-hybridized carbons (Fsp3) is 0.278. The molecule has 0 aliphatic heterocycles. The predicted octanol–water partition coefficient (Wildman–Crippen LogP) is 2.95. The van der Waals surface area contributed by atoms with Crippen molar-refractivity contribution in [3.63, 3.8) is 0 Å². The lowest BCUT2D eigenvalue weighted by Gasteiger charge is -2.13. The Labute approximate surface area is 171 Å². The summed E-state index contributed by atoms with van der Waals surface area (Å²) in [6.45, 7) is 0.238. The molecule has 2 rings (SSSR count). The minimum atomic E-state index is -3.61. The third-order valence-corrected chi connectivity index (χ3v) is 5.08. The fourth-order valence-corrected chi connectivity index (χ4v) is 3.58. The molecule has 0 aromatic heterocycles. The number of hydrogen-bond acceptors (Lipinski definition) is 5. The van der Waals surface area contributed by atoms with Gasteiger partial charge in [-0.15, -0.1) is 0 Å². The molecule has 0 bridgehead atoms. The highest BCUT2D eigenvalue weighted by Crippen LogP contribution is 2.33. The van der Waals surface area contributed by atoms with Gasteiger partial charge in [-0.25, -0.2) is 12.8 Å². The van der Waals surface area contributed by atoms with E-state index in [0.717, 1.165) is 28.4 Å². The molecule has 28 heavy (non-hydrogen) atoms. The Bertz CT molecular complexity index is 982. The molecule has 2 aromatic rings. The second kappa shape index (κ2) is 9.24. The maximum Gasteiger partial charge on any atom is 0.253 e. The number of methoxy groups -OCH3 is 2. The molecule has 0 saturated heterocycles. The van der Waals surface area contributed by atoms with E-state index in [1.807, 2.05) is 0 Å².